The normalized spacial score (nSPS) is 13.6. The second kappa shape index (κ2) is 8.22. The highest BCUT2D eigenvalue weighted by Crippen LogP contribution is 2.52. The van der Waals surface area contributed by atoms with Crippen LogP contribution in [-0.4, -0.2) is 31.3 Å². The zero-order chi connectivity index (χ0) is 15.0. The van der Waals surface area contributed by atoms with E-state index in [9.17, 15) is 9.67 Å². The molecule has 20 heavy (non-hydrogen) atoms. The van der Waals surface area contributed by atoms with Crippen molar-refractivity contribution in [3.63, 3.8) is 0 Å². The fourth-order valence-electron chi connectivity index (χ4n) is 1.60. The molecule has 1 aromatic rings. The molecular weight excluding hydrogens is 279 g/mol. The molecule has 1 unspecified atom stereocenters. The van der Waals surface area contributed by atoms with E-state index in [-0.39, 0.29) is 13.2 Å². The third-order valence-electron chi connectivity index (χ3n) is 2.50. The minimum Gasteiger partial charge on any atom is -0.497 e. The monoisotopic (exact) mass is 300 g/mol. The van der Waals surface area contributed by atoms with Crippen molar-refractivity contribution in [3.8, 4) is 5.75 Å². The van der Waals surface area contributed by atoms with Crippen LogP contribution in [0.4, 0.5) is 0 Å². The molecule has 0 aliphatic rings. The van der Waals surface area contributed by atoms with Gasteiger partial charge in [0.2, 0.25) is 0 Å². The summed E-state index contributed by atoms with van der Waals surface area (Å²) in [6.07, 6.45) is 3.05. The molecule has 1 aromatic carbocycles. The van der Waals surface area contributed by atoms with Crippen LogP contribution < -0.4 is 4.74 Å². The molecule has 0 saturated carbocycles. The van der Waals surface area contributed by atoms with Gasteiger partial charge in [-0.3, -0.25) is 4.57 Å². The largest absolute Gasteiger partial charge is 0.497 e. The summed E-state index contributed by atoms with van der Waals surface area (Å²) < 4.78 is 27.5. The lowest BCUT2D eigenvalue weighted by Gasteiger charge is -2.19. The van der Waals surface area contributed by atoms with Gasteiger partial charge in [0.15, 0.2) is 5.85 Å². The van der Waals surface area contributed by atoms with Crippen LogP contribution in [0.3, 0.4) is 0 Å². The third-order valence-corrected chi connectivity index (χ3v) is 4.55. The van der Waals surface area contributed by atoms with Gasteiger partial charge in [-0.1, -0.05) is 18.2 Å². The standard InChI is InChI=1S/C14H21O5P/c1-4-18-20(16,19-5-2)14(15)10-9-12-7-6-8-13(11-12)17-3/h6-11,14-15H,4-5H2,1-3H3/b10-9+. The molecule has 5 nitrogen and oxygen atoms in total. The first-order valence-corrected chi connectivity index (χ1v) is 8.06. The summed E-state index contributed by atoms with van der Waals surface area (Å²) in [6, 6.07) is 7.29. The number of aliphatic hydroxyl groups is 1. The third kappa shape index (κ3) is 4.76. The first-order chi connectivity index (χ1) is 9.55. The van der Waals surface area contributed by atoms with Crippen molar-refractivity contribution in [1.82, 2.24) is 0 Å². The molecule has 0 spiro atoms. The van der Waals surface area contributed by atoms with Gasteiger partial charge in [0.25, 0.3) is 0 Å². The Morgan fingerprint density at radius 3 is 2.50 bits per heavy atom. The first-order valence-electron chi connectivity index (χ1n) is 6.44. The van der Waals surface area contributed by atoms with Gasteiger partial charge in [-0.15, -0.1) is 0 Å². The fraction of sp³-hybridized carbons (Fsp3) is 0.429. The fourth-order valence-corrected chi connectivity index (χ4v) is 2.99. The molecule has 0 saturated heterocycles. The molecule has 1 atom stereocenters. The summed E-state index contributed by atoms with van der Waals surface area (Å²) in [5, 5.41) is 9.99. The number of ether oxygens (including phenoxy) is 1. The average Bonchev–Trinajstić information content (AvgIpc) is 2.45. The second-order valence-corrected chi connectivity index (χ2v) is 6.05. The smallest absolute Gasteiger partial charge is 0.362 e. The Hall–Kier alpha value is -1.13. The van der Waals surface area contributed by atoms with E-state index >= 15 is 0 Å². The Labute approximate surface area is 119 Å². The van der Waals surface area contributed by atoms with Crippen LogP contribution in [0.2, 0.25) is 0 Å². The van der Waals surface area contributed by atoms with Gasteiger partial charge >= 0.3 is 7.60 Å². The van der Waals surface area contributed by atoms with Crippen molar-refractivity contribution >= 4 is 13.7 Å². The van der Waals surface area contributed by atoms with Crippen molar-refractivity contribution in [2.45, 2.75) is 19.7 Å². The number of aliphatic hydroxyl groups excluding tert-OH is 1. The summed E-state index contributed by atoms with van der Waals surface area (Å²) in [6.45, 7) is 3.82. The van der Waals surface area contributed by atoms with Crippen LogP contribution in [-0.2, 0) is 13.6 Å². The van der Waals surface area contributed by atoms with Crippen LogP contribution >= 0.6 is 7.60 Å². The van der Waals surface area contributed by atoms with E-state index in [2.05, 4.69) is 0 Å². The number of methoxy groups -OCH3 is 1. The molecule has 0 radical (unpaired) electrons. The molecule has 0 aliphatic heterocycles. The highest BCUT2D eigenvalue weighted by atomic mass is 31.2. The summed E-state index contributed by atoms with van der Waals surface area (Å²) in [7, 11) is -1.95. The molecule has 0 aliphatic carbocycles. The molecule has 1 rings (SSSR count). The minimum atomic E-state index is -3.53. The molecule has 112 valence electrons. The Morgan fingerprint density at radius 1 is 1.30 bits per heavy atom. The van der Waals surface area contributed by atoms with Gasteiger partial charge in [0.1, 0.15) is 5.75 Å². The maximum atomic E-state index is 12.3. The maximum Gasteiger partial charge on any atom is 0.362 e. The van der Waals surface area contributed by atoms with Gasteiger partial charge in [-0.25, -0.2) is 0 Å². The van der Waals surface area contributed by atoms with E-state index in [1.54, 1.807) is 33.1 Å². The van der Waals surface area contributed by atoms with Crippen LogP contribution in [0.25, 0.3) is 6.08 Å². The predicted molar refractivity (Wildman–Crippen MR) is 78.9 cm³/mol. The van der Waals surface area contributed by atoms with E-state index in [1.807, 2.05) is 18.2 Å². The number of hydrogen-bond acceptors (Lipinski definition) is 5. The summed E-state index contributed by atoms with van der Waals surface area (Å²) in [4.78, 5) is 0. The number of hydrogen-bond donors (Lipinski definition) is 1. The molecule has 0 fully saturated rings. The first kappa shape index (κ1) is 16.9. The summed E-state index contributed by atoms with van der Waals surface area (Å²) in [5.74, 6) is -0.590. The lowest BCUT2D eigenvalue weighted by atomic mass is 10.2. The average molecular weight is 300 g/mol. The van der Waals surface area contributed by atoms with E-state index < -0.39 is 13.4 Å². The lowest BCUT2D eigenvalue weighted by molar-refractivity contribution is 0.169. The molecule has 0 heterocycles. The summed E-state index contributed by atoms with van der Waals surface area (Å²) in [5.41, 5.74) is 0.822. The van der Waals surface area contributed by atoms with Crippen LogP contribution in [0.5, 0.6) is 5.75 Å². The summed E-state index contributed by atoms with van der Waals surface area (Å²) >= 11 is 0. The highest BCUT2D eigenvalue weighted by Gasteiger charge is 2.31. The zero-order valence-electron chi connectivity index (χ0n) is 12.0. The lowest BCUT2D eigenvalue weighted by Crippen LogP contribution is -2.10. The molecule has 1 N–H and O–H groups in total. The molecule has 0 amide bonds. The van der Waals surface area contributed by atoms with Gasteiger partial charge < -0.3 is 18.9 Å². The van der Waals surface area contributed by atoms with Gasteiger partial charge in [0.05, 0.1) is 20.3 Å². The van der Waals surface area contributed by atoms with Gasteiger partial charge in [0, 0.05) is 0 Å². The molecule has 0 aromatic heterocycles. The zero-order valence-corrected chi connectivity index (χ0v) is 12.9. The van der Waals surface area contributed by atoms with Gasteiger partial charge in [-0.05, 0) is 37.6 Å². The van der Waals surface area contributed by atoms with Crippen LogP contribution in [0.15, 0.2) is 30.3 Å². The van der Waals surface area contributed by atoms with Gasteiger partial charge in [-0.2, -0.15) is 0 Å². The number of rotatable bonds is 8. The van der Waals surface area contributed by atoms with E-state index in [4.69, 9.17) is 13.8 Å². The molecule has 0 bridgehead atoms. The Kier molecular flexibility index (Phi) is 6.96. The Balaban J connectivity index is 2.83. The topological polar surface area (TPSA) is 65.0 Å². The highest BCUT2D eigenvalue weighted by molar-refractivity contribution is 7.54. The van der Waals surface area contributed by atoms with E-state index in [1.165, 1.54) is 6.08 Å². The maximum absolute atomic E-state index is 12.3. The van der Waals surface area contributed by atoms with Crippen molar-refractivity contribution in [1.29, 1.82) is 0 Å². The number of benzene rings is 1. The van der Waals surface area contributed by atoms with Crippen molar-refractivity contribution in [3.05, 3.63) is 35.9 Å². The predicted octanol–water partition coefficient (Wildman–Crippen LogP) is 3.29. The van der Waals surface area contributed by atoms with E-state index in [0.717, 1.165) is 5.56 Å². The molecular formula is C14H21O5P. The van der Waals surface area contributed by atoms with Crippen molar-refractivity contribution in [2.75, 3.05) is 20.3 Å². The van der Waals surface area contributed by atoms with Crippen LogP contribution in [0, 0.1) is 0 Å². The minimum absolute atomic E-state index is 0.210. The van der Waals surface area contributed by atoms with Crippen LogP contribution in [0.1, 0.15) is 19.4 Å². The SMILES string of the molecule is CCOP(=O)(OCC)C(O)/C=C/c1cccc(OC)c1. The molecule has 6 heteroatoms. The second-order valence-electron chi connectivity index (χ2n) is 3.92. The quantitative estimate of drug-likeness (QED) is 0.746. The Bertz CT molecular complexity index is 476. The van der Waals surface area contributed by atoms with E-state index in [0.29, 0.717) is 5.75 Å². The Morgan fingerprint density at radius 2 is 1.95 bits per heavy atom. The van der Waals surface area contributed by atoms with Crippen molar-refractivity contribution < 1.29 is 23.5 Å². The van der Waals surface area contributed by atoms with Crippen molar-refractivity contribution in [2.24, 2.45) is 0 Å².